The highest BCUT2D eigenvalue weighted by molar-refractivity contribution is 14.0. The number of piperidine rings is 1. The molecular formula is C20H36IN5O2. The molecule has 1 aliphatic rings. The van der Waals surface area contributed by atoms with Gasteiger partial charge in [-0.05, 0) is 50.3 Å². The van der Waals surface area contributed by atoms with Crippen molar-refractivity contribution in [2.45, 2.75) is 39.2 Å². The van der Waals surface area contributed by atoms with Crippen LogP contribution in [0.1, 0.15) is 38.2 Å². The molecule has 0 amide bonds. The van der Waals surface area contributed by atoms with Crippen LogP contribution in [0.5, 0.6) is 0 Å². The van der Waals surface area contributed by atoms with Crippen LogP contribution in [-0.2, 0) is 16.0 Å². The number of guanidine groups is 1. The summed E-state index contributed by atoms with van der Waals surface area (Å²) in [5.74, 6) is 1.92. The minimum Gasteiger partial charge on any atom is -0.382 e. The molecule has 1 aromatic rings. The van der Waals surface area contributed by atoms with Crippen LogP contribution in [0, 0.1) is 0 Å². The number of methoxy groups -OCH3 is 1. The molecule has 8 heteroatoms. The monoisotopic (exact) mass is 505 g/mol. The van der Waals surface area contributed by atoms with Crippen molar-refractivity contribution in [3.8, 4) is 0 Å². The summed E-state index contributed by atoms with van der Waals surface area (Å²) in [6.07, 6.45) is 6.67. The number of aliphatic imine (C=N–C) groups is 1. The maximum Gasteiger partial charge on any atom is 0.191 e. The number of hydrogen-bond donors (Lipinski definition) is 2. The highest BCUT2D eigenvalue weighted by Crippen LogP contribution is 2.18. The van der Waals surface area contributed by atoms with Crippen LogP contribution in [0.2, 0.25) is 0 Å². The minimum absolute atomic E-state index is 0. The molecule has 0 aliphatic carbocycles. The van der Waals surface area contributed by atoms with Crippen molar-refractivity contribution in [3.63, 3.8) is 0 Å². The number of nitrogens with zero attached hydrogens (tertiary/aromatic N) is 3. The SMILES string of the molecule is CCNC(=NCc1ccnc(N2CCCCC2)c1)NCCCOCCOC.I. The van der Waals surface area contributed by atoms with E-state index in [1.165, 1.54) is 24.8 Å². The van der Waals surface area contributed by atoms with Crippen LogP contribution in [0.15, 0.2) is 23.3 Å². The lowest BCUT2D eigenvalue weighted by Crippen LogP contribution is -2.38. The maximum atomic E-state index is 5.48. The van der Waals surface area contributed by atoms with Gasteiger partial charge in [-0.25, -0.2) is 9.98 Å². The number of aromatic nitrogens is 1. The second-order valence-electron chi connectivity index (χ2n) is 6.65. The van der Waals surface area contributed by atoms with Crippen molar-refractivity contribution >= 4 is 35.8 Å². The van der Waals surface area contributed by atoms with Gasteiger partial charge in [0.25, 0.3) is 0 Å². The quantitative estimate of drug-likeness (QED) is 0.209. The van der Waals surface area contributed by atoms with Crippen LogP contribution < -0.4 is 15.5 Å². The zero-order valence-corrected chi connectivity index (χ0v) is 19.6. The molecule has 160 valence electrons. The molecule has 1 aliphatic heterocycles. The van der Waals surface area contributed by atoms with Crippen LogP contribution in [0.25, 0.3) is 0 Å². The minimum atomic E-state index is 0. The zero-order valence-electron chi connectivity index (χ0n) is 17.3. The summed E-state index contributed by atoms with van der Waals surface area (Å²) in [5.41, 5.74) is 1.19. The van der Waals surface area contributed by atoms with Gasteiger partial charge in [0.15, 0.2) is 5.96 Å². The van der Waals surface area contributed by atoms with E-state index >= 15 is 0 Å². The Balaban J connectivity index is 0.00000392. The lowest BCUT2D eigenvalue weighted by atomic mass is 10.1. The molecule has 1 fully saturated rings. The molecule has 0 unspecified atom stereocenters. The molecule has 0 spiro atoms. The first kappa shape index (κ1) is 24.9. The van der Waals surface area contributed by atoms with Gasteiger partial charge in [0.2, 0.25) is 0 Å². The van der Waals surface area contributed by atoms with Crippen molar-refractivity contribution in [1.82, 2.24) is 15.6 Å². The molecule has 2 N–H and O–H groups in total. The van der Waals surface area contributed by atoms with E-state index in [1.807, 2.05) is 12.3 Å². The van der Waals surface area contributed by atoms with Crippen molar-refractivity contribution in [1.29, 1.82) is 0 Å². The molecular weight excluding hydrogens is 469 g/mol. The standard InChI is InChI=1S/C20H35N5O2.HI/c1-3-21-20(23-9-7-13-27-15-14-26-2)24-17-18-8-10-22-19(16-18)25-11-5-4-6-12-25;/h8,10,16H,3-7,9,11-15,17H2,1-2H3,(H2,21,23,24);1H. The van der Waals surface area contributed by atoms with E-state index < -0.39 is 0 Å². The summed E-state index contributed by atoms with van der Waals surface area (Å²) < 4.78 is 10.4. The molecule has 0 saturated carbocycles. The lowest BCUT2D eigenvalue weighted by Gasteiger charge is -2.27. The fraction of sp³-hybridized carbons (Fsp3) is 0.700. The number of hydrogen-bond acceptors (Lipinski definition) is 5. The third-order valence-corrected chi connectivity index (χ3v) is 4.44. The molecule has 0 radical (unpaired) electrons. The Morgan fingerprint density at radius 3 is 2.75 bits per heavy atom. The van der Waals surface area contributed by atoms with Gasteiger partial charge in [-0.15, -0.1) is 24.0 Å². The molecule has 1 aromatic heterocycles. The average Bonchev–Trinajstić information content (AvgIpc) is 2.72. The summed E-state index contributed by atoms with van der Waals surface area (Å²) in [6, 6.07) is 4.21. The smallest absolute Gasteiger partial charge is 0.191 e. The van der Waals surface area contributed by atoms with E-state index in [9.17, 15) is 0 Å². The molecule has 2 heterocycles. The lowest BCUT2D eigenvalue weighted by molar-refractivity contribution is 0.0698. The Bertz CT molecular complexity index is 553. The molecule has 0 atom stereocenters. The second kappa shape index (κ2) is 15.8. The predicted octanol–water partition coefficient (Wildman–Crippen LogP) is 2.80. The van der Waals surface area contributed by atoms with E-state index in [1.54, 1.807) is 7.11 Å². The van der Waals surface area contributed by atoms with Gasteiger partial charge in [-0.3, -0.25) is 0 Å². The summed E-state index contributed by atoms with van der Waals surface area (Å²) in [6.45, 7) is 8.61. The highest BCUT2D eigenvalue weighted by Gasteiger charge is 2.12. The maximum absolute atomic E-state index is 5.48. The zero-order chi connectivity index (χ0) is 19.2. The number of nitrogens with one attached hydrogen (secondary N) is 2. The molecule has 7 nitrogen and oxygen atoms in total. The van der Waals surface area contributed by atoms with E-state index in [4.69, 9.17) is 14.5 Å². The Hall–Kier alpha value is -1.13. The molecule has 1 saturated heterocycles. The number of rotatable bonds is 11. The van der Waals surface area contributed by atoms with Crippen molar-refractivity contribution in [2.75, 3.05) is 58.0 Å². The summed E-state index contributed by atoms with van der Waals surface area (Å²) >= 11 is 0. The molecule has 28 heavy (non-hydrogen) atoms. The van der Waals surface area contributed by atoms with Gasteiger partial charge in [-0.2, -0.15) is 0 Å². The third-order valence-electron chi connectivity index (χ3n) is 4.44. The summed E-state index contributed by atoms with van der Waals surface area (Å²) in [5, 5.41) is 6.66. The first-order valence-corrected chi connectivity index (χ1v) is 10.1. The van der Waals surface area contributed by atoms with Gasteiger partial charge in [0.1, 0.15) is 5.82 Å². The largest absolute Gasteiger partial charge is 0.382 e. The number of pyridine rings is 1. The van der Waals surface area contributed by atoms with E-state index in [0.717, 1.165) is 51.0 Å². The fourth-order valence-electron chi connectivity index (χ4n) is 2.99. The van der Waals surface area contributed by atoms with Crippen LogP contribution in [0.3, 0.4) is 0 Å². The van der Waals surface area contributed by atoms with Crippen LogP contribution >= 0.6 is 24.0 Å². The van der Waals surface area contributed by atoms with E-state index in [-0.39, 0.29) is 24.0 Å². The molecule has 2 rings (SSSR count). The summed E-state index contributed by atoms with van der Waals surface area (Å²) in [4.78, 5) is 11.6. The summed E-state index contributed by atoms with van der Waals surface area (Å²) in [7, 11) is 1.68. The second-order valence-corrected chi connectivity index (χ2v) is 6.65. The Labute approximate surface area is 186 Å². The molecule has 0 aromatic carbocycles. The fourth-order valence-corrected chi connectivity index (χ4v) is 2.99. The van der Waals surface area contributed by atoms with Crippen molar-refractivity contribution < 1.29 is 9.47 Å². The van der Waals surface area contributed by atoms with Crippen LogP contribution in [0.4, 0.5) is 5.82 Å². The topological polar surface area (TPSA) is 71.0 Å². The van der Waals surface area contributed by atoms with Gasteiger partial charge < -0.3 is 25.0 Å². The van der Waals surface area contributed by atoms with E-state index in [2.05, 4.69) is 33.5 Å². The number of ether oxygens (including phenoxy) is 2. The number of anilines is 1. The Kier molecular flexibility index (Phi) is 14.0. The normalized spacial score (nSPS) is 14.5. The van der Waals surface area contributed by atoms with Gasteiger partial charge in [0, 0.05) is 46.1 Å². The van der Waals surface area contributed by atoms with E-state index in [0.29, 0.717) is 19.8 Å². The van der Waals surface area contributed by atoms with Crippen LogP contribution in [-0.4, -0.2) is 64.1 Å². The average molecular weight is 505 g/mol. The highest BCUT2D eigenvalue weighted by atomic mass is 127. The first-order chi connectivity index (χ1) is 13.3. The number of halogens is 1. The predicted molar refractivity (Wildman–Crippen MR) is 126 cm³/mol. The Morgan fingerprint density at radius 2 is 2.00 bits per heavy atom. The first-order valence-electron chi connectivity index (χ1n) is 10.1. The van der Waals surface area contributed by atoms with Gasteiger partial charge >= 0.3 is 0 Å². The Morgan fingerprint density at radius 1 is 1.18 bits per heavy atom. The van der Waals surface area contributed by atoms with Gasteiger partial charge in [0.05, 0.1) is 19.8 Å². The molecule has 0 bridgehead atoms. The van der Waals surface area contributed by atoms with Crippen molar-refractivity contribution in [3.05, 3.63) is 23.9 Å². The van der Waals surface area contributed by atoms with Gasteiger partial charge in [-0.1, -0.05) is 0 Å². The van der Waals surface area contributed by atoms with Crippen molar-refractivity contribution in [2.24, 2.45) is 4.99 Å². The third kappa shape index (κ3) is 9.88.